The number of ether oxygens (including phenoxy) is 2. The summed E-state index contributed by atoms with van der Waals surface area (Å²) in [5.41, 5.74) is 1.60. The zero-order chi connectivity index (χ0) is 24.8. The molecular formula is C29H35NO5. The summed E-state index contributed by atoms with van der Waals surface area (Å²) in [5, 5.41) is 9.51. The van der Waals surface area contributed by atoms with Crippen LogP contribution in [0.15, 0.2) is 52.9 Å². The van der Waals surface area contributed by atoms with Gasteiger partial charge in [0.2, 0.25) is 0 Å². The number of nitrogens with zero attached hydrogens (tertiary/aromatic N) is 1. The van der Waals surface area contributed by atoms with Crippen molar-refractivity contribution in [1.82, 2.24) is 4.98 Å². The molecular weight excluding hydrogens is 442 g/mol. The molecule has 0 aliphatic heterocycles. The van der Waals surface area contributed by atoms with Gasteiger partial charge in [-0.1, -0.05) is 49.6 Å². The highest BCUT2D eigenvalue weighted by molar-refractivity contribution is 5.76. The Labute approximate surface area is 207 Å². The first kappa shape index (κ1) is 24.8. The summed E-state index contributed by atoms with van der Waals surface area (Å²) >= 11 is 0. The molecule has 2 aromatic carbocycles. The van der Waals surface area contributed by atoms with E-state index in [0.717, 1.165) is 41.3 Å². The van der Waals surface area contributed by atoms with Crippen LogP contribution in [0.2, 0.25) is 0 Å². The molecule has 0 bridgehead atoms. The highest BCUT2D eigenvalue weighted by Crippen LogP contribution is 2.33. The summed E-state index contributed by atoms with van der Waals surface area (Å²) in [5.74, 6) is 2.44. The Morgan fingerprint density at radius 3 is 2.57 bits per heavy atom. The van der Waals surface area contributed by atoms with E-state index in [2.05, 4.69) is 0 Å². The van der Waals surface area contributed by atoms with Crippen molar-refractivity contribution in [3.05, 3.63) is 77.0 Å². The predicted molar refractivity (Wildman–Crippen MR) is 134 cm³/mol. The average molecular weight is 478 g/mol. The summed E-state index contributed by atoms with van der Waals surface area (Å²) < 4.78 is 18.0. The Morgan fingerprint density at radius 2 is 1.86 bits per heavy atom. The minimum Gasteiger partial charge on any atom is -0.493 e. The molecule has 0 unspecified atom stereocenters. The van der Waals surface area contributed by atoms with Crippen LogP contribution < -0.4 is 9.47 Å². The van der Waals surface area contributed by atoms with Crippen LogP contribution in [0, 0.1) is 6.92 Å². The molecule has 1 N–H and O–H groups in total. The lowest BCUT2D eigenvalue weighted by molar-refractivity contribution is -0.152. The second-order valence-corrected chi connectivity index (χ2v) is 9.84. The first-order valence-corrected chi connectivity index (χ1v) is 12.5. The molecule has 0 saturated heterocycles. The maximum Gasteiger partial charge on any atom is 0.347 e. The van der Waals surface area contributed by atoms with E-state index < -0.39 is 11.6 Å². The molecule has 1 aliphatic rings. The number of aliphatic carboxylic acids is 1. The van der Waals surface area contributed by atoms with Gasteiger partial charge in [0.15, 0.2) is 11.5 Å². The first-order chi connectivity index (χ1) is 16.8. The van der Waals surface area contributed by atoms with Crippen molar-refractivity contribution in [2.75, 3.05) is 6.61 Å². The number of oxazole rings is 1. The first-order valence-electron chi connectivity index (χ1n) is 12.5. The largest absolute Gasteiger partial charge is 0.493 e. The van der Waals surface area contributed by atoms with Crippen molar-refractivity contribution in [3.8, 4) is 11.5 Å². The van der Waals surface area contributed by atoms with Crippen LogP contribution in [-0.2, 0) is 17.6 Å². The third kappa shape index (κ3) is 6.44. The van der Waals surface area contributed by atoms with Gasteiger partial charge in [-0.15, -0.1) is 0 Å². The van der Waals surface area contributed by atoms with E-state index in [1.54, 1.807) is 19.9 Å². The van der Waals surface area contributed by atoms with Gasteiger partial charge in [-0.2, -0.15) is 0 Å². The molecule has 6 heteroatoms. The molecule has 1 fully saturated rings. The number of hydrogen-bond donors (Lipinski definition) is 1. The van der Waals surface area contributed by atoms with Gasteiger partial charge < -0.3 is 19.0 Å². The number of carbonyl (C=O) groups is 1. The number of rotatable bonds is 10. The quantitative estimate of drug-likeness (QED) is 0.360. The molecule has 35 heavy (non-hydrogen) atoms. The highest BCUT2D eigenvalue weighted by Gasteiger charge is 2.30. The predicted octanol–water partition coefficient (Wildman–Crippen LogP) is 6.49. The number of hydrogen-bond acceptors (Lipinski definition) is 5. The molecule has 6 nitrogen and oxygen atoms in total. The van der Waals surface area contributed by atoms with E-state index in [4.69, 9.17) is 18.9 Å². The highest BCUT2D eigenvalue weighted by atomic mass is 16.5. The molecule has 0 atom stereocenters. The van der Waals surface area contributed by atoms with E-state index in [1.165, 1.54) is 19.3 Å². The zero-order valence-corrected chi connectivity index (χ0v) is 20.9. The average Bonchev–Trinajstić information content (AvgIpc) is 3.22. The number of aromatic nitrogens is 1. The Balaban J connectivity index is 1.45. The smallest absolute Gasteiger partial charge is 0.347 e. The minimum atomic E-state index is -1.34. The van der Waals surface area contributed by atoms with Crippen LogP contribution in [0.25, 0.3) is 0 Å². The number of benzene rings is 2. The second-order valence-electron chi connectivity index (χ2n) is 9.84. The Kier molecular flexibility index (Phi) is 7.79. The molecule has 0 spiro atoms. The van der Waals surface area contributed by atoms with Gasteiger partial charge in [0.1, 0.15) is 17.3 Å². The van der Waals surface area contributed by atoms with Crippen molar-refractivity contribution in [1.29, 1.82) is 0 Å². The monoisotopic (exact) mass is 477 g/mol. The number of carboxylic acids is 1. The zero-order valence-electron chi connectivity index (χ0n) is 20.9. The van der Waals surface area contributed by atoms with Crippen molar-refractivity contribution in [2.45, 2.75) is 77.2 Å². The fourth-order valence-corrected chi connectivity index (χ4v) is 4.49. The van der Waals surface area contributed by atoms with Crippen molar-refractivity contribution >= 4 is 5.97 Å². The molecule has 1 aromatic heterocycles. The van der Waals surface area contributed by atoms with Gasteiger partial charge in [-0.3, -0.25) is 0 Å². The number of carboxylic acid groups (broad SMARTS) is 1. The second kappa shape index (κ2) is 11.0. The van der Waals surface area contributed by atoms with Crippen LogP contribution in [0.3, 0.4) is 0 Å². The molecule has 4 rings (SSSR count). The van der Waals surface area contributed by atoms with Gasteiger partial charge in [0.05, 0.1) is 12.3 Å². The van der Waals surface area contributed by atoms with E-state index in [1.807, 2.05) is 49.4 Å². The van der Waals surface area contributed by atoms with Crippen LogP contribution in [0.5, 0.6) is 11.5 Å². The molecule has 3 aromatic rings. The summed E-state index contributed by atoms with van der Waals surface area (Å²) in [6.07, 6.45) is 7.40. The topological polar surface area (TPSA) is 81.8 Å². The van der Waals surface area contributed by atoms with Crippen LogP contribution >= 0.6 is 0 Å². The van der Waals surface area contributed by atoms with Gasteiger partial charge in [-0.05, 0) is 57.4 Å². The standard InChI is InChI=1S/C29H35NO5/c1-20-25(30-27(34-20)22-12-8-5-9-13-22)16-17-33-24-14-15-26(35-29(2,3)28(31)32)23(19-24)18-21-10-6-4-7-11-21/h4,6-7,10-11,14-15,19,22H,5,8-9,12-13,16-18H2,1-3H3,(H,31,32). The minimum absolute atomic E-state index is 0.445. The molecule has 186 valence electrons. The van der Waals surface area contributed by atoms with Crippen molar-refractivity contribution in [2.24, 2.45) is 0 Å². The summed E-state index contributed by atoms with van der Waals surface area (Å²) in [7, 11) is 0. The Morgan fingerprint density at radius 1 is 1.11 bits per heavy atom. The van der Waals surface area contributed by atoms with E-state index >= 15 is 0 Å². The molecule has 1 aliphatic carbocycles. The lowest BCUT2D eigenvalue weighted by Crippen LogP contribution is -2.38. The Bertz CT molecular complexity index is 1130. The van der Waals surface area contributed by atoms with Gasteiger partial charge in [-0.25, -0.2) is 9.78 Å². The third-order valence-corrected chi connectivity index (χ3v) is 6.62. The van der Waals surface area contributed by atoms with E-state index in [9.17, 15) is 9.90 Å². The van der Waals surface area contributed by atoms with Gasteiger partial charge in [0, 0.05) is 24.3 Å². The fourth-order valence-electron chi connectivity index (χ4n) is 4.49. The fraction of sp³-hybridized carbons (Fsp3) is 0.448. The van der Waals surface area contributed by atoms with E-state index in [-0.39, 0.29) is 0 Å². The maximum atomic E-state index is 11.6. The van der Waals surface area contributed by atoms with Crippen molar-refractivity contribution in [3.63, 3.8) is 0 Å². The summed E-state index contributed by atoms with van der Waals surface area (Å²) in [4.78, 5) is 16.4. The summed E-state index contributed by atoms with van der Waals surface area (Å²) in [6.45, 7) is 5.55. The van der Waals surface area contributed by atoms with Crippen LogP contribution in [-0.4, -0.2) is 28.3 Å². The van der Waals surface area contributed by atoms with Gasteiger partial charge in [0.25, 0.3) is 0 Å². The maximum absolute atomic E-state index is 11.6. The molecule has 1 saturated carbocycles. The van der Waals surface area contributed by atoms with Crippen LogP contribution in [0.1, 0.15) is 80.3 Å². The molecule has 0 amide bonds. The molecule has 0 radical (unpaired) electrons. The van der Waals surface area contributed by atoms with Crippen LogP contribution in [0.4, 0.5) is 0 Å². The van der Waals surface area contributed by atoms with Gasteiger partial charge >= 0.3 is 5.97 Å². The third-order valence-electron chi connectivity index (χ3n) is 6.62. The summed E-state index contributed by atoms with van der Waals surface area (Å²) in [6, 6.07) is 15.6. The Hall–Kier alpha value is -3.28. The van der Waals surface area contributed by atoms with Crippen molar-refractivity contribution < 1.29 is 23.8 Å². The number of aryl methyl sites for hydroxylation is 1. The van der Waals surface area contributed by atoms with E-state index in [0.29, 0.717) is 36.9 Å². The lowest BCUT2D eigenvalue weighted by atomic mass is 9.89. The lowest BCUT2D eigenvalue weighted by Gasteiger charge is -2.24. The normalized spacial score (nSPS) is 14.6. The SMILES string of the molecule is Cc1oc(C2CCCCC2)nc1CCOc1ccc(OC(C)(C)C(=O)O)c(Cc2ccccc2)c1. The molecule has 1 heterocycles.